The molecular formula is C14H18FN. The van der Waals surface area contributed by atoms with Crippen LogP contribution in [-0.2, 0) is 6.42 Å². The molecule has 0 radical (unpaired) electrons. The van der Waals surface area contributed by atoms with E-state index in [1.807, 2.05) is 12.1 Å². The lowest BCUT2D eigenvalue weighted by molar-refractivity contribution is 0.516. The molecule has 0 saturated heterocycles. The Morgan fingerprint density at radius 3 is 2.62 bits per heavy atom. The van der Waals surface area contributed by atoms with Gasteiger partial charge in [-0.3, -0.25) is 0 Å². The van der Waals surface area contributed by atoms with Gasteiger partial charge in [-0.1, -0.05) is 19.1 Å². The molecule has 1 aromatic carbocycles. The Morgan fingerprint density at radius 2 is 2.06 bits per heavy atom. The smallest absolute Gasteiger partial charge is 0.123 e. The van der Waals surface area contributed by atoms with E-state index in [0.717, 1.165) is 24.9 Å². The van der Waals surface area contributed by atoms with E-state index in [1.54, 1.807) is 0 Å². The van der Waals surface area contributed by atoms with Crippen molar-refractivity contribution in [2.45, 2.75) is 32.2 Å². The van der Waals surface area contributed by atoms with Crippen molar-refractivity contribution in [3.8, 4) is 12.3 Å². The summed E-state index contributed by atoms with van der Waals surface area (Å²) >= 11 is 0. The molecule has 0 aliphatic heterocycles. The number of hydrogen-bond acceptors (Lipinski definition) is 1. The first-order chi connectivity index (χ1) is 7.76. The first-order valence-electron chi connectivity index (χ1n) is 5.67. The second-order valence-electron chi connectivity index (χ2n) is 3.89. The van der Waals surface area contributed by atoms with Crippen molar-refractivity contribution in [1.29, 1.82) is 0 Å². The normalized spacial score (nSPS) is 12.1. The van der Waals surface area contributed by atoms with Gasteiger partial charge in [0.2, 0.25) is 0 Å². The number of terminal acetylenes is 1. The maximum atomic E-state index is 12.7. The lowest BCUT2D eigenvalue weighted by Gasteiger charge is -2.15. The molecule has 2 heteroatoms. The van der Waals surface area contributed by atoms with Crippen molar-refractivity contribution in [1.82, 2.24) is 5.32 Å². The summed E-state index contributed by atoms with van der Waals surface area (Å²) in [7, 11) is 0. The number of benzene rings is 1. The number of hydrogen-bond donors (Lipinski definition) is 1. The van der Waals surface area contributed by atoms with Gasteiger partial charge in [-0.15, -0.1) is 12.3 Å². The molecule has 1 unspecified atom stereocenters. The second-order valence-corrected chi connectivity index (χ2v) is 3.89. The van der Waals surface area contributed by atoms with Crippen molar-refractivity contribution in [2.24, 2.45) is 0 Å². The van der Waals surface area contributed by atoms with Crippen LogP contribution in [0.15, 0.2) is 24.3 Å². The average Bonchev–Trinajstić information content (AvgIpc) is 2.29. The van der Waals surface area contributed by atoms with Crippen LogP contribution in [0.25, 0.3) is 0 Å². The van der Waals surface area contributed by atoms with Gasteiger partial charge in [0.15, 0.2) is 0 Å². The zero-order valence-electron chi connectivity index (χ0n) is 9.67. The van der Waals surface area contributed by atoms with Gasteiger partial charge in [-0.2, -0.15) is 0 Å². The Hall–Kier alpha value is -1.33. The van der Waals surface area contributed by atoms with Crippen LogP contribution in [-0.4, -0.2) is 12.6 Å². The minimum Gasteiger partial charge on any atom is -0.313 e. The van der Waals surface area contributed by atoms with Crippen LogP contribution in [0, 0.1) is 18.2 Å². The highest BCUT2D eigenvalue weighted by atomic mass is 19.1. The van der Waals surface area contributed by atoms with Gasteiger partial charge < -0.3 is 5.32 Å². The van der Waals surface area contributed by atoms with Gasteiger partial charge in [0.25, 0.3) is 0 Å². The zero-order chi connectivity index (χ0) is 11.8. The Kier molecular flexibility index (Phi) is 5.60. The van der Waals surface area contributed by atoms with Gasteiger partial charge in [0, 0.05) is 12.5 Å². The SMILES string of the molecule is C#CCC(Cc1ccc(F)cc1)NCCC. The monoisotopic (exact) mass is 219 g/mol. The summed E-state index contributed by atoms with van der Waals surface area (Å²) in [5.41, 5.74) is 1.12. The van der Waals surface area contributed by atoms with Crippen LogP contribution >= 0.6 is 0 Å². The minimum absolute atomic E-state index is 0.196. The zero-order valence-corrected chi connectivity index (χ0v) is 9.67. The fraction of sp³-hybridized carbons (Fsp3) is 0.429. The molecule has 1 atom stereocenters. The Morgan fingerprint density at radius 1 is 1.38 bits per heavy atom. The van der Waals surface area contributed by atoms with Gasteiger partial charge in [-0.25, -0.2) is 4.39 Å². The maximum Gasteiger partial charge on any atom is 0.123 e. The molecule has 0 amide bonds. The molecule has 0 aromatic heterocycles. The molecule has 0 aliphatic carbocycles. The van der Waals surface area contributed by atoms with E-state index in [9.17, 15) is 4.39 Å². The molecule has 0 heterocycles. The molecule has 1 rings (SSSR count). The summed E-state index contributed by atoms with van der Waals surface area (Å²) in [6, 6.07) is 6.89. The van der Waals surface area contributed by atoms with E-state index in [4.69, 9.17) is 6.42 Å². The molecule has 1 aromatic rings. The molecule has 0 saturated carbocycles. The lowest BCUT2D eigenvalue weighted by atomic mass is 10.0. The second kappa shape index (κ2) is 7.03. The summed E-state index contributed by atoms with van der Waals surface area (Å²) in [6.07, 6.45) is 7.97. The highest BCUT2D eigenvalue weighted by molar-refractivity contribution is 5.17. The summed E-state index contributed by atoms with van der Waals surface area (Å²) in [4.78, 5) is 0. The van der Waals surface area contributed by atoms with Crippen molar-refractivity contribution in [3.63, 3.8) is 0 Å². The van der Waals surface area contributed by atoms with E-state index >= 15 is 0 Å². The van der Waals surface area contributed by atoms with Crippen LogP contribution in [0.4, 0.5) is 4.39 Å². The third-order valence-corrected chi connectivity index (χ3v) is 2.44. The van der Waals surface area contributed by atoms with Crippen molar-refractivity contribution in [3.05, 3.63) is 35.6 Å². The largest absolute Gasteiger partial charge is 0.313 e. The number of nitrogens with one attached hydrogen (secondary N) is 1. The predicted octanol–water partition coefficient (Wildman–Crippen LogP) is 2.76. The third kappa shape index (κ3) is 4.46. The van der Waals surface area contributed by atoms with Gasteiger partial charge >= 0.3 is 0 Å². The van der Waals surface area contributed by atoms with Crippen molar-refractivity contribution >= 4 is 0 Å². The standard InChI is InChI=1S/C14H18FN/c1-3-5-14(16-10-4-2)11-12-6-8-13(15)9-7-12/h1,6-9,14,16H,4-5,10-11H2,2H3. The lowest BCUT2D eigenvalue weighted by Crippen LogP contribution is -2.31. The number of rotatable bonds is 6. The summed E-state index contributed by atoms with van der Waals surface area (Å²) < 4.78 is 12.7. The Labute approximate surface area is 97.1 Å². The average molecular weight is 219 g/mol. The Bertz CT molecular complexity index is 337. The fourth-order valence-electron chi connectivity index (χ4n) is 1.61. The Balaban J connectivity index is 2.53. The topological polar surface area (TPSA) is 12.0 Å². The first-order valence-corrected chi connectivity index (χ1v) is 5.67. The highest BCUT2D eigenvalue weighted by Gasteiger charge is 2.07. The number of halogens is 1. The summed E-state index contributed by atoms with van der Waals surface area (Å²) in [6.45, 7) is 3.09. The minimum atomic E-state index is -0.196. The predicted molar refractivity (Wildman–Crippen MR) is 65.6 cm³/mol. The molecule has 0 bridgehead atoms. The highest BCUT2D eigenvalue weighted by Crippen LogP contribution is 2.07. The van der Waals surface area contributed by atoms with E-state index in [2.05, 4.69) is 18.2 Å². The molecule has 0 spiro atoms. The molecule has 1 nitrogen and oxygen atoms in total. The van der Waals surface area contributed by atoms with Gasteiger partial charge in [-0.05, 0) is 37.1 Å². The summed E-state index contributed by atoms with van der Waals surface area (Å²) in [5.74, 6) is 2.48. The molecule has 16 heavy (non-hydrogen) atoms. The van der Waals surface area contributed by atoms with E-state index in [1.165, 1.54) is 12.1 Å². The first kappa shape index (κ1) is 12.7. The van der Waals surface area contributed by atoms with E-state index in [-0.39, 0.29) is 11.9 Å². The molecule has 1 N–H and O–H groups in total. The molecule has 86 valence electrons. The van der Waals surface area contributed by atoms with Crippen LogP contribution in [0.2, 0.25) is 0 Å². The molecule has 0 fully saturated rings. The quantitative estimate of drug-likeness (QED) is 0.725. The summed E-state index contributed by atoms with van der Waals surface area (Å²) in [5, 5.41) is 3.40. The van der Waals surface area contributed by atoms with E-state index in [0.29, 0.717) is 6.42 Å². The van der Waals surface area contributed by atoms with Crippen LogP contribution in [0.1, 0.15) is 25.3 Å². The van der Waals surface area contributed by atoms with Gasteiger partial charge in [0.1, 0.15) is 5.82 Å². The molecular weight excluding hydrogens is 201 g/mol. The third-order valence-electron chi connectivity index (χ3n) is 2.44. The van der Waals surface area contributed by atoms with Crippen LogP contribution < -0.4 is 5.32 Å². The van der Waals surface area contributed by atoms with Crippen LogP contribution in [0.3, 0.4) is 0 Å². The van der Waals surface area contributed by atoms with Crippen molar-refractivity contribution in [2.75, 3.05) is 6.54 Å². The fourth-order valence-corrected chi connectivity index (χ4v) is 1.61. The van der Waals surface area contributed by atoms with Crippen LogP contribution in [0.5, 0.6) is 0 Å². The van der Waals surface area contributed by atoms with Gasteiger partial charge in [0.05, 0.1) is 0 Å². The van der Waals surface area contributed by atoms with Crippen molar-refractivity contribution < 1.29 is 4.39 Å². The molecule has 0 aliphatic rings. The van der Waals surface area contributed by atoms with E-state index < -0.39 is 0 Å². The maximum absolute atomic E-state index is 12.7.